The van der Waals surface area contributed by atoms with Crippen LogP contribution in [-0.4, -0.2) is 27.7 Å². The number of nitrogens with one attached hydrogen (secondary N) is 1. The Morgan fingerprint density at radius 1 is 1.30 bits per heavy atom. The fourth-order valence-corrected chi connectivity index (χ4v) is 3.16. The van der Waals surface area contributed by atoms with Crippen molar-refractivity contribution in [1.29, 1.82) is 0 Å². The molecule has 0 amide bonds. The molecule has 0 saturated heterocycles. The van der Waals surface area contributed by atoms with Crippen LogP contribution in [0.5, 0.6) is 0 Å². The molecular weight excluding hydrogens is 300 g/mol. The van der Waals surface area contributed by atoms with Crippen LogP contribution >= 0.6 is 0 Å². The molecule has 3 N–H and O–H groups in total. The Balaban J connectivity index is 2.01. The van der Waals surface area contributed by atoms with Crippen molar-refractivity contribution in [3.8, 4) is 0 Å². The number of carboxylic acids is 1. The first-order valence-corrected chi connectivity index (χ1v) is 7.80. The van der Waals surface area contributed by atoms with Crippen molar-refractivity contribution in [2.75, 3.05) is 6.54 Å². The highest BCUT2D eigenvalue weighted by Gasteiger charge is 2.39. The minimum atomic E-state index is -0.772. The topological polar surface area (TPSA) is 113 Å². The normalized spacial score (nSPS) is 16.9. The smallest absolute Gasteiger partial charge is 0.310 e. The maximum absolute atomic E-state index is 11.6. The Labute approximate surface area is 134 Å². The monoisotopic (exact) mass is 322 g/mol. The number of hydrogen-bond acceptors (Lipinski definition) is 5. The lowest BCUT2D eigenvalue weighted by Crippen LogP contribution is -2.42. The van der Waals surface area contributed by atoms with Crippen molar-refractivity contribution in [2.45, 2.75) is 45.3 Å². The van der Waals surface area contributed by atoms with Crippen LogP contribution in [-0.2, 0) is 17.9 Å². The molecule has 0 atom stereocenters. The van der Waals surface area contributed by atoms with Gasteiger partial charge >= 0.3 is 5.97 Å². The van der Waals surface area contributed by atoms with Crippen LogP contribution in [0.15, 0.2) is 18.2 Å². The van der Waals surface area contributed by atoms with E-state index in [9.17, 15) is 20.0 Å². The molecule has 0 radical (unpaired) electrons. The van der Waals surface area contributed by atoms with E-state index in [1.165, 1.54) is 12.1 Å². The zero-order valence-corrected chi connectivity index (χ0v) is 13.0. The Morgan fingerprint density at radius 3 is 2.57 bits per heavy atom. The van der Waals surface area contributed by atoms with Gasteiger partial charge in [-0.2, -0.15) is 0 Å². The van der Waals surface area contributed by atoms with Gasteiger partial charge in [-0.05, 0) is 24.5 Å². The largest absolute Gasteiger partial charge is 0.481 e. The molecular formula is C16H22N2O5. The van der Waals surface area contributed by atoms with Crippen LogP contribution in [0.25, 0.3) is 0 Å². The number of hydrogen-bond donors (Lipinski definition) is 3. The summed E-state index contributed by atoms with van der Waals surface area (Å²) in [6, 6.07) is 4.66. The number of nitrogens with zero attached hydrogens (tertiary/aromatic N) is 1. The van der Waals surface area contributed by atoms with E-state index in [2.05, 4.69) is 5.32 Å². The third-order valence-electron chi connectivity index (χ3n) is 4.57. The van der Waals surface area contributed by atoms with Gasteiger partial charge in [-0.3, -0.25) is 14.9 Å². The van der Waals surface area contributed by atoms with Crippen molar-refractivity contribution < 1.29 is 19.9 Å². The first-order valence-electron chi connectivity index (χ1n) is 7.80. The van der Waals surface area contributed by atoms with E-state index < -0.39 is 16.3 Å². The predicted molar refractivity (Wildman–Crippen MR) is 83.9 cm³/mol. The molecule has 2 rings (SSSR count). The highest BCUT2D eigenvalue weighted by molar-refractivity contribution is 5.75. The Hall–Kier alpha value is -1.99. The molecule has 0 aliphatic heterocycles. The van der Waals surface area contributed by atoms with Crippen molar-refractivity contribution in [3.63, 3.8) is 0 Å². The average Bonchev–Trinajstić information content (AvgIpc) is 2.55. The minimum absolute atomic E-state index is 0.114. The molecule has 23 heavy (non-hydrogen) atoms. The van der Waals surface area contributed by atoms with Crippen LogP contribution in [0, 0.1) is 15.5 Å². The van der Waals surface area contributed by atoms with Crippen LogP contribution in [0.4, 0.5) is 5.69 Å². The maximum atomic E-state index is 11.6. The molecule has 0 heterocycles. The van der Waals surface area contributed by atoms with Gasteiger partial charge in [0.15, 0.2) is 0 Å². The van der Waals surface area contributed by atoms with E-state index >= 15 is 0 Å². The van der Waals surface area contributed by atoms with Crippen LogP contribution < -0.4 is 5.32 Å². The maximum Gasteiger partial charge on any atom is 0.310 e. The fourth-order valence-electron chi connectivity index (χ4n) is 3.16. The van der Waals surface area contributed by atoms with Gasteiger partial charge in [0, 0.05) is 19.2 Å². The van der Waals surface area contributed by atoms with E-state index in [4.69, 9.17) is 5.11 Å². The molecule has 0 unspecified atom stereocenters. The standard InChI is InChI=1S/C16H22N2O5/c19-10-13-5-4-12(8-14(13)18(22)23)9-17-11-16(15(20)21)6-2-1-3-7-16/h4-5,8,17,19H,1-3,6-7,9-11H2,(H,20,21). The fraction of sp³-hybridized carbons (Fsp3) is 0.562. The molecule has 126 valence electrons. The second kappa shape index (κ2) is 7.52. The average molecular weight is 322 g/mol. The molecule has 0 spiro atoms. The summed E-state index contributed by atoms with van der Waals surface area (Å²) < 4.78 is 0. The zero-order chi connectivity index (χ0) is 16.9. The molecule has 1 aromatic carbocycles. The molecule has 0 aromatic heterocycles. The molecule has 7 nitrogen and oxygen atoms in total. The molecule has 1 saturated carbocycles. The molecule has 1 aliphatic rings. The summed E-state index contributed by atoms with van der Waals surface area (Å²) in [6.07, 6.45) is 4.25. The number of carboxylic acid groups (broad SMARTS) is 1. The van der Waals surface area contributed by atoms with Gasteiger partial charge in [0.25, 0.3) is 5.69 Å². The molecule has 0 bridgehead atoms. The summed E-state index contributed by atoms with van der Waals surface area (Å²) in [5.41, 5.74) is 0.130. The van der Waals surface area contributed by atoms with Gasteiger partial charge < -0.3 is 15.5 Å². The Bertz CT molecular complexity index is 582. The predicted octanol–water partition coefficient (Wildman–Crippen LogP) is 2.21. The summed E-state index contributed by atoms with van der Waals surface area (Å²) in [7, 11) is 0. The lowest BCUT2D eigenvalue weighted by molar-refractivity contribution is -0.385. The second-order valence-electron chi connectivity index (χ2n) is 6.13. The molecule has 1 aromatic rings. The van der Waals surface area contributed by atoms with Crippen molar-refractivity contribution >= 4 is 11.7 Å². The Kier molecular flexibility index (Phi) is 5.68. The van der Waals surface area contributed by atoms with Crippen molar-refractivity contribution in [3.05, 3.63) is 39.4 Å². The number of nitro benzene ring substituents is 1. The zero-order valence-electron chi connectivity index (χ0n) is 13.0. The number of aliphatic hydroxyl groups excluding tert-OH is 1. The van der Waals surface area contributed by atoms with Gasteiger partial charge in [0.1, 0.15) is 0 Å². The van der Waals surface area contributed by atoms with Crippen molar-refractivity contribution in [1.82, 2.24) is 5.32 Å². The SMILES string of the molecule is O=C(O)C1(CNCc2ccc(CO)c([N+](=O)[O-])c2)CCCCC1. The molecule has 7 heteroatoms. The number of aliphatic hydroxyl groups is 1. The third kappa shape index (κ3) is 4.05. The summed E-state index contributed by atoms with van der Waals surface area (Å²) in [4.78, 5) is 22.1. The van der Waals surface area contributed by atoms with Crippen LogP contribution in [0.3, 0.4) is 0 Å². The first kappa shape index (κ1) is 17.4. The highest BCUT2D eigenvalue weighted by Crippen LogP contribution is 2.36. The number of aliphatic carboxylic acids is 1. The van der Waals surface area contributed by atoms with Gasteiger partial charge in [-0.15, -0.1) is 0 Å². The molecule has 1 aliphatic carbocycles. The number of carbonyl (C=O) groups is 1. The van der Waals surface area contributed by atoms with Crippen LogP contribution in [0.2, 0.25) is 0 Å². The molecule has 1 fully saturated rings. The lowest BCUT2D eigenvalue weighted by atomic mass is 9.74. The van der Waals surface area contributed by atoms with E-state index in [0.29, 0.717) is 31.5 Å². The van der Waals surface area contributed by atoms with E-state index in [-0.39, 0.29) is 17.9 Å². The van der Waals surface area contributed by atoms with Gasteiger partial charge in [-0.25, -0.2) is 0 Å². The first-order chi connectivity index (χ1) is 11.0. The Morgan fingerprint density at radius 2 is 2.00 bits per heavy atom. The van der Waals surface area contributed by atoms with E-state index in [0.717, 1.165) is 19.3 Å². The summed E-state index contributed by atoms with van der Waals surface area (Å²) >= 11 is 0. The van der Waals surface area contributed by atoms with Gasteiger partial charge in [0.2, 0.25) is 0 Å². The summed E-state index contributed by atoms with van der Waals surface area (Å²) in [5, 5.41) is 32.8. The summed E-state index contributed by atoms with van der Waals surface area (Å²) in [5.74, 6) is -0.772. The van der Waals surface area contributed by atoms with E-state index in [1.54, 1.807) is 6.07 Å². The number of nitro groups is 1. The number of rotatable bonds is 7. The van der Waals surface area contributed by atoms with Gasteiger partial charge in [-0.1, -0.05) is 25.3 Å². The van der Waals surface area contributed by atoms with Gasteiger partial charge in [0.05, 0.1) is 22.5 Å². The van der Waals surface area contributed by atoms with E-state index in [1.807, 2.05) is 0 Å². The lowest BCUT2D eigenvalue weighted by Gasteiger charge is -2.33. The second-order valence-corrected chi connectivity index (χ2v) is 6.13. The third-order valence-corrected chi connectivity index (χ3v) is 4.57. The van der Waals surface area contributed by atoms with Crippen molar-refractivity contribution in [2.24, 2.45) is 5.41 Å². The van der Waals surface area contributed by atoms with Crippen LogP contribution in [0.1, 0.15) is 43.2 Å². The highest BCUT2D eigenvalue weighted by atomic mass is 16.6. The quantitative estimate of drug-likeness (QED) is 0.524. The minimum Gasteiger partial charge on any atom is -0.481 e. The summed E-state index contributed by atoms with van der Waals surface area (Å²) in [6.45, 7) is 0.339. The number of benzene rings is 1.